The van der Waals surface area contributed by atoms with Crippen molar-refractivity contribution in [2.75, 3.05) is 26.2 Å². The second-order valence-corrected chi connectivity index (χ2v) is 10.1. The first-order valence-electron chi connectivity index (χ1n) is 10.8. The molecule has 0 N–H and O–H groups in total. The number of rotatable bonds is 9. The second kappa shape index (κ2) is 9.63. The molecule has 4 rings (SSSR count). The Balaban J connectivity index is 1.43. The van der Waals surface area contributed by atoms with Gasteiger partial charge in [-0.2, -0.15) is 4.31 Å². The molecule has 2 aliphatic rings. The monoisotopic (exact) mass is 450 g/mol. The fraction of sp³-hybridized carbons (Fsp3) is 0.478. The summed E-state index contributed by atoms with van der Waals surface area (Å²) in [7, 11) is -3.94. The minimum Gasteiger partial charge on any atom is -0.492 e. The van der Waals surface area contributed by atoms with E-state index in [0.717, 1.165) is 56.2 Å². The molecule has 2 aromatic rings. The van der Waals surface area contributed by atoms with Gasteiger partial charge in [0.1, 0.15) is 12.4 Å². The van der Waals surface area contributed by atoms with Crippen LogP contribution in [0.15, 0.2) is 47.4 Å². The molecule has 168 valence electrons. The quantitative estimate of drug-likeness (QED) is 0.575. The number of halogens is 2. The number of likely N-dealkylation sites (tertiary alicyclic amines) is 1. The van der Waals surface area contributed by atoms with Gasteiger partial charge in [0.2, 0.25) is 10.0 Å². The van der Waals surface area contributed by atoms with Gasteiger partial charge >= 0.3 is 0 Å². The number of sulfonamides is 1. The molecule has 0 unspecified atom stereocenters. The third-order valence-corrected chi connectivity index (χ3v) is 7.71. The molecule has 1 aliphatic heterocycles. The molecule has 5 nitrogen and oxygen atoms in total. The Bertz CT molecular complexity index is 1010. The predicted octanol–water partition coefficient (Wildman–Crippen LogP) is 4.18. The van der Waals surface area contributed by atoms with E-state index in [1.54, 1.807) is 0 Å². The van der Waals surface area contributed by atoms with Crippen molar-refractivity contribution in [2.45, 2.75) is 49.6 Å². The van der Waals surface area contributed by atoms with E-state index in [1.807, 2.05) is 24.3 Å². The molecule has 0 aromatic heterocycles. The van der Waals surface area contributed by atoms with Crippen LogP contribution < -0.4 is 4.74 Å². The molecule has 0 spiro atoms. The van der Waals surface area contributed by atoms with Gasteiger partial charge in [0.15, 0.2) is 11.6 Å². The predicted molar refractivity (Wildman–Crippen MR) is 114 cm³/mol. The van der Waals surface area contributed by atoms with E-state index in [-0.39, 0.29) is 17.5 Å². The van der Waals surface area contributed by atoms with Crippen molar-refractivity contribution in [2.24, 2.45) is 0 Å². The molecule has 0 amide bonds. The Morgan fingerprint density at radius 1 is 1.00 bits per heavy atom. The zero-order valence-corrected chi connectivity index (χ0v) is 18.3. The van der Waals surface area contributed by atoms with Crippen molar-refractivity contribution < 1.29 is 21.9 Å². The maximum atomic E-state index is 13.6. The highest BCUT2D eigenvalue weighted by molar-refractivity contribution is 7.89. The van der Waals surface area contributed by atoms with Crippen molar-refractivity contribution >= 4 is 10.0 Å². The van der Waals surface area contributed by atoms with Crippen molar-refractivity contribution in [3.63, 3.8) is 0 Å². The normalized spacial score (nSPS) is 17.8. The summed E-state index contributed by atoms with van der Waals surface area (Å²) >= 11 is 0. The van der Waals surface area contributed by atoms with Crippen molar-refractivity contribution in [3.8, 4) is 5.75 Å². The van der Waals surface area contributed by atoms with Crippen LogP contribution in [0.2, 0.25) is 0 Å². The van der Waals surface area contributed by atoms with Crippen LogP contribution >= 0.6 is 0 Å². The average Bonchev–Trinajstić information content (AvgIpc) is 3.60. The molecule has 1 saturated heterocycles. The molecule has 1 saturated carbocycles. The Morgan fingerprint density at radius 2 is 1.77 bits per heavy atom. The van der Waals surface area contributed by atoms with Gasteiger partial charge in [-0.05, 0) is 74.7 Å². The van der Waals surface area contributed by atoms with Crippen molar-refractivity contribution in [3.05, 3.63) is 59.7 Å². The zero-order chi connectivity index (χ0) is 21.8. The summed E-state index contributed by atoms with van der Waals surface area (Å²) in [4.78, 5) is 2.17. The summed E-state index contributed by atoms with van der Waals surface area (Å²) in [5.74, 6) is -1.53. The van der Waals surface area contributed by atoms with E-state index in [9.17, 15) is 17.2 Å². The standard InChI is InChI=1S/C23H28F2N2O3S/c24-22-10-9-21(16-23(22)25)31(28,29)27(19-7-8-19)17-18-5-4-6-20(15-18)30-14-13-26-11-2-1-3-12-26/h4-6,9-10,15-16,19H,1-3,7-8,11-14,17H2. The topological polar surface area (TPSA) is 49.9 Å². The first kappa shape index (κ1) is 22.2. The summed E-state index contributed by atoms with van der Waals surface area (Å²) in [6.07, 6.45) is 5.28. The SMILES string of the molecule is O=S(=O)(c1ccc(F)c(F)c1)N(Cc1cccc(OCCN2CCCCC2)c1)C1CC1. The third-order valence-electron chi connectivity index (χ3n) is 5.81. The fourth-order valence-corrected chi connectivity index (χ4v) is 5.62. The lowest BCUT2D eigenvalue weighted by molar-refractivity contribution is 0.183. The molecule has 0 bridgehead atoms. The fourth-order valence-electron chi connectivity index (χ4n) is 3.93. The molecule has 2 aromatic carbocycles. The minimum absolute atomic E-state index is 0.123. The largest absolute Gasteiger partial charge is 0.492 e. The highest BCUT2D eigenvalue weighted by Gasteiger charge is 2.38. The van der Waals surface area contributed by atoms with Gasteiger partial charge in [-0.3, -0.25) is 4.90 Å². The lowest BCUT2D eigenvalue weighted by Gasteiger charge is -2.26. The lowest BCUT2D eigenvalue weighted by Crippen LogP contribution is -2.33. The smallest absolute Gasteiger partial charge is 0.243 e. The van der Waals surface area contributed by atoms with E-state index >= 15 is 0 Å². The number of hydrogen-bond donors (Lipinski definition) is 0. The number of hydrogen-bond acceptors (Lipinski definition) is 4. The first-order valence-corrected chi connectivity index (χ1v) is 12.3. The van der Waals surface area contributed by atoms with E-state index < -0.39 is 21.7 Å². The molecule has 0 atom stereocenters. The van der Waals surface area contributed by atoms with Gasteiger partial charge in [0, 0.05) is 19.1 Å². The average molecular weight is 451 g/mol. The summed E-state index contributed by atoms with van der Waals surface area (Å²) in [6, 6.07) is 10.0. The molecular weight excluding hydrogens is 422 g/mol. The Labute approximate surface area is 182 Å². The van der Waals surface area contributed by atoms with Crippen molar-refractivity contribution in [1.29, 1.82) is 0 Å². The van der Waals surface area contributed by atoms with Gasteiger partial charge in [-0.15, -0.1) is 0 Å². The van der Waals surface area contributed by atoms with Gasteiger partial charge in [-0.25, -0.2) is 17.2 Å². The lowest BCUT2D eigenvalue weighted by atomic mass is 10.1. The van der Waals surface area contributed by atoms with Gasteiger partial charge in [-0.1, -0.05) is 18.6 Å². The Morgan fingerprint density at radius 3 is 2.48 bits per heavy atom. The van der Waals surface area contributed by atoms with E-state index in [1.165, 1.54) is 23.6 Å². The number of piperidine rings is 1. The third kappa shape index (κ3) is 5.61. The number of benzene rings is 2. The number of nitrogens with zero attached hydrogens (tertiary/aromatic N) is 2. The van der Waals surface area contributed by atoms with Crippen LogP contribution in [0.1, 0.15) is 37.7 Å². The molecule has 8 heteroatoms. The van der Waals surface area contributed by atoms with Crippen molar-refractivity contribution in [1.82, 2.24) is 9.21 Å². The van der Waals surface area contributed by atoms with Gasteiger partial charge in [0.05, 0.1) is 4.90 Å². The maximum absolute atomic E-state index is 13.6. The molecule has 2 fully saturated rings. The van der Waals surface area contributed by atoms with Gasteiger partial charge < -0.3 is 4.74 Å². The summed E-state index contributed by atoms with van der Waals surface area (Å²) < 4.78 is 60.4. The first-order chi connectivity index (χ1) is 14.9. The Kier molecular flexibility index (Phi) is 6.89. The van der Waals surface area contributed by atoms with Crippen LogP contribution in [0.4, 0.5) is 8.78 Å². The van der Waals surface area contributed by atoms with Crippen LogP contribution in [0.5, 0.6) is 5.75 Å². The minimum atomic E-state index is -3.94. The second-order valence-electron chi connectivity index (χ2n) is 8.26. The molecule has 1 heterocycles. The van der Waals surface area contributed by atoms with Crippen LogP contribution in [0.25, 0.3) is 0 Å². The van der Waals surface area contributed by atoms with Crippen LogP contribution in [-0.4, -0.2) is 49.9 Å². The number of ether oxygens (including phenoxy) is 1. The van der Waals surface area contributed by atoms with E-state index in [0.29, 0.717) is 12.4 Å². The maximum Gasteiger partial charge on any atom is 0.243 e. The summed E-state index contributed by atoms with van der Waals surface area (Å²) in [5.41, 5.74) is 0.800. The Hall–Kier alpha value is -2.03. The van der Waals surface area contributed by atoms with Crippen LogP contribution in [0.3, 0.4) is 0 Å². The molecule has 31 heavy (non-hydrogen) atoms. The van der Waals surface area contributed by atoms with Crippen LogP contribution in [0, 0.1) is 11.6 Å². The highest BCUT2D eigenvalue weighted by Crippen LogP contribution is 2.34. The van der Waals surface area contributed by atoms with Crippen LogP contribution in [-0.2, 0) is 16.6 Å². The molecular formula is C23H28F2N2O3S. The van der Waals surface area contributed by atoms with Gasteiger partial charge in [0.25, 0.3) is 0 Å². The zero-order valence-electron chi connectivity index (χ0n) is 17.5. The van der Waals surface area contributed by atoms with E-state index in [2.05, 4.69) is 4.90 Å². The molecule has 0 radical (unpaired) electrons. The molecule has 1 aliphatic carbocycles. The van der Waals surface area contributed by atoms with E-state index in [4.69, 9.17) is 4.74 Å². The highest BCUT2D eigenvalue weighted by atomic mass is 32.2. The summed E-state index contributed by atoms with van der Waals surface area (Å²) in [6.45, 7) is 3.85. The summed E-state index contributed by atoms with van der Waals surface area (Å²) in [5, 5.41) is 0.